The van der Waals surface area contributed by atoms with Gasteiger partial charge in [0.25, 0.3) is 5.91 Å². The Morgan fingerprint density at radius 3 is 2.05 bits per heavy atom. The van der Waals surface area contributed by atoms with Crippen molar-refractivity contribution < 1.29 is 35.9 Å². The minimum atomic E-state index is -5.04. The van der Waals surface area contributed by atoms with Crippen molar-refractivity contribution in [3.63, 3.8) is 0 Å². The van der Waals surface area contributed by atoms with Crippen molar-refractivity contribution in [1.82, 2.24) is 14.7 Å². The first kappa shape index (κ1) is 36.1. The van der Waals surface area contributed by atoms with E-state index in [1.165, 1.54) is 4.90 Å². The van der Waals surface area contributed by atoms with Gasteiger partial charge in [-0.1, -0.05) is 18.2 Å². The van der Waals surface area contributed by atoms with Gasteiger partial charge >= 0.3 is 12.4 Å². The van der Waals surface area contributed by atoms with E-state index in [0.717, 1.165) is 16.7 Å². The lowest BCUT2D eigenvalue weighted by atomic mass is 9.97. The van der Waals surface area contributed by atoms with Gasteiger partial charge in [-0.25, -0.2) is 0 Å². The summed E-state index contributed by atoms with van der Waals surface area (Å²) in [5.74, 6) is -0.859. The molecule has 1 unspecified atom stereocenters. The zero-order valence-electron chi connectivity index (χ0n) is 23.3. The van der Waals surface area contributed by atoms with E-state index in [0.29, 0.717) is 64.5 Å². The van der Waals surface area contributed by atoms with Crippen molar-refractivity contribution in [2.75, 3.05) is 52.5 Å². The molecule has 0 spiro atoms. The van der Waals surface area contributed by atoms with Crippen LogP contribution in [0.3, 0.4) is 0 Å². The molecule has 6 nitrogen and oxygen atoms in total. The van der Waals surface area contributed by atoms with Crippen molar-refractivity contribution in [2.24, 2.45) is 5.73 Å². The van der Waals surface area contributed by atoms with E-state index in [1.807, 2.05) is 32.0 Å². The number of aryl methyl sites for hydroxylation is 2. The first-order chi connectivity index (χ1) is 18.7. The van der Waals surface area contributed by atoms with E-state index in [-0.39, 0.29) is 43.6 Å². The maximum absolute atomic E-state index is 13.6. The zero-order valence-corrected chi connectivity index (χ0v) is 24.9. The van der Waals surface area contributed by atoms with E-state index in [4.69, 9.17) is 10.5 Å². The number of hydrogen-bond acceptors (Lipinski definition) is 5. The van der Waals surface area contributed by atoms with Crippen LogP contribution >= 0.6 is 24.8 Å². The molecule has 14 heteroatoms. The predicted octanol–water partition coefficient (Wildman–Crippen LogP) is 5.17. The van der Waals surface area contributed by atoms with Crippen LogP contribution in [0.4, 0.5) is 26.3 Å². The molecular weight excluding hydrogens is 609 g/mol. The van der Waals surface area contributed by atoms with Crippen molar-refractivity contribution in [3.05, 3.63) is 69.8 Å². The number of nitrogens with zero attached hydrogens (tertiary/aromatic N) is 3. The molecule has 0 radical (unpaired) electrons. The van der Waals surface area contributed by atoms with Gasteiger partial charge in [-0.2, -0.15) is 26.3 Å². The molecule has 2 aromatic carbocycles. The number of rotatable bonds is 6. The van der Waals surface area contributed by atoms with Crippen molar-refractivity contribution in [1.29, 1.82) is 0 Å². The Morgan fingerprint density at radius 1 is 0.905 bits per heavy atom. The molecule has 0 aliphatic carbocycles. The fraction of sp³-hybridized carbons (Fsp3) is 0.536. The second-order valence-electron chi connectivity index (χ2n) is 10.5. The Kier molecular flexibility index (Phi) is 12.5. The molecule has 2 heterocycles. The van der Waals surface area contributed by atoms with Gasteiger partial charge in [0, 0.05) is 50.9 Å². The second kappa shape index (κ2) is 14.6. The van der Waals surface area contributed by atoms with Gasteiger partial charge in [-0.05, 0) is 55.2 Å². The van der Waals surface area contributed by atoms with Crippen LogP contribution in [0.1, 0.15) is 38.2 Å². The minimum Gasteiger partial charge on any atom is -0.379 e. The van der Waals surface area contributed by atoms with Gasteiger partial charge in [-0.3, -0.25) is 14.6 Å². The lowest BCUT2D eigenvalue weighted by molar-refractivity contribution is -0.143. The smallest absolute Gasteiger partial charge is 0.379 e. The highest BCUT2D eigenvalue weighted by Gasteiger charge is 2.39. The van der Waals surface area contributed by atoms with Crippen LogP contribution in [0.15, 0.2) is 36.4 Å². The maximum atomic E-state index is 13.6. The SMILES string of the molecule is Cc1ccc(C[C@@H]2CN(CC(N)N3CCOCC3)CCN2C(=O)c2cc(C(F)(F)F)cc(C(F)(F)F)c2)cc1C.Cl.Cl. The minimum absolute atomic E-state index is 0. The summed E-state index contributed by atoms with van der Waals surface area (Å²) >= 11 is 0. The van der Waals surface area contributed by atoms with E-state index < -0.39 is 41.0 Å². The lowest BCUT2D eigenvalue weighted by Crippen LogP contribution is -2.60. The Bertz CT molecular complexity index is 1180. The van der Waals surface area contributed by atoms with Crippen LogP contribution in [0.25, 0.3) is 0 Å². The van der Waals surface area contributed by atoms with E-state index in [1.54, 1.807) is 0 Å². The molecule has 2 aliphatic rings. The van der Waals surface area contributed by atoms with E-state index in [2.05, 4.69) is 9.80 Å². The van der Waals surface area contributed by atoms with Gasteiger partial charge in [0.2, 0.25) is 0 Å². The van der Waals surface area contributed by atoms with Crippen LogP contribution in [-0.2, 0) is 23.5 Å². The monoisotopic (exact) mass is 644 g/mol. The van der Waals surface area contributed by atoms with Gasteiger partial charge < -0.3 is 15.4 Å². The molecule has 2 atom stereocenters. The standard InChI is InChI=1S/C28H34F6N4O2.2ClH/c1-18-3-4-20(11-19(18)2)12-24-16-36(17-25(35)37-7-9-40-10-8-37)5-6-38(24)26(39)21-13-22(27(29,30)31)15-23(14-21)28(32,33)34;;/h3-4,11,13-15,24-25H,5-10,12,16-17,35H2,1-2H3;2*1H/t24-,25?;;/m1../s1. The normalized spacial score (nSPS) is 19.5. The summed E-state index contributed by atoms with van der Waals surface area (Å²) < 4.78 is 86.3. The number of carbonyl (C=O) groups is 1. The number of carbonyl (C=O) groups excluding carboxylic acids is 1. The fourth-order valence-corrected chi connectivity index (χ4v) is 5.26. The maximum Gasteiger partial charge on any atom is 0.416 e. The van der Waals surface area contributed by atoms with Crippen molar-refractivity contribution in [3.8, 4) is 0 Å². The molecule has 0 saturated carbocycles. The summed E-state index contributed by atoms with van der Waals surface area (Å²) in [6.07, 6.45) is -9.96. The van der Waals surface area contributed by atoms with Gasteiger partial charge in [0.15, 0.2) is 0 Å². The number of alkyl halides is 6. The average molecular weight is 646 g/mol. The summed E-state index contributed by atoms with van der Waals surface area (Å²) in [6.45, 7) is 7.90. The molecule has 236 valence electrons. The van der Waals surface area contributed by atoms with Gasteiger partial charge in [0.1, 0.15) is 0 Å². The second-order valence-corrected chi connectivity index (χ2v) is 10.5. The summed E-state index contributed by atoms with van der Waals surface area (Å²) in [4.78, 5) is 19.2. The van der Waals surface area contributed by atoms with Crippen LogP contribution in [0.5, 0.6) is 0 Å². The Morgan fingerprint density at radius 2 is 1.50 bits per heavy atom. The highest BCUT2D eigenvalue weighted by atomic mass is 35.5. The molecular formula is C28H36Cl2F6N4O2. The highest BCUT2D eigenvalue weighted by molar-refractivity contribution is 5.95. The quantitative estimate of drug-likeness (QED) is 0.440. The number of halogens is 8. The van der Waals surface area contributed by atoms with E-state index >= 15 is 0 Å². The Balaban J connectivity index is 0.00000308. The summed E-state index contributed by atoms with van der Waals surface area (Å²) in [7, 11) is 0. The molecule has 4 rings (SSSR count). The molecule has 2 aliphatic heterocycles. The van der Waals surface area contributed by atoms with Gasteiger partial charge in [0.05, 0.1) is 30.5 Å². The summed E-state index contributed by atoms with van der Waals surface area (Å²) in [6, 6.07) is 6.43. The van der Waals surface area contributed by atoms with Crippen LogP contribution in [0.2, 0.25) is 0 Å². The number of morpholine rings is 1. The molecule has 2 aromatic rings. The average Bonchev–Trinajstić information content (AvgIpc) is 2.90. The van der Waals surface area contributed by atoms with Crippen molar-refractivity contribution >= 4 is 30.7 Å². The molecule has 42 heavy (non-hydrogen) atoms. The Hall–Kier alpha value is -2.09. The molecule has 2 N–H and O–H groups in total. The van der Waals surface area contributed by atoms with Crippen LogP contribution in [0, 0.1) is 13.8 Å². The summed E-state index contributed by atoms with van der Waals surface area (Å²) in [5.41, 5.74) is 5.85. The molecule has 2 fully saturated rings. The third kappa shape index (κ3) is 8.96. The lowest BCUT2D eigenvalue weighted by Gasteiger charge is -2.44. The molecule has 0 aromatic heterocycles. The van der Waals surface area contributed by atoms with Gasteiger partial charge in [-0.15, -0.1) is 24.8 Å². The predicted molar refractivity (Wildman–Crippen MR) is 152 cm³/mol. The third-order valence-electron chi connectivity index (χ3n) is 7.66. The third-order valence-corrected chi connectivity index (χ3v) is 7.66. The molecule has 2 saturated heterocycles. The van der Waals surface area contributed by atoms with Crippen molar-refractivity contribution in [2.45, 2.75) is 44.8 Å². The highest BCUT2D eigenvalue weighted by Crippen LogP contribution is 2.37. The van der Waals surface area contributed by atoms with E-state index in [9.17, 15) is 31.1 Å². The number of benzene rings is 2. The van der Waals surface area contributed by atoms with Crippen LogP contribution in [-0.4, -0.2) is 85.3 Å². The largest absolute Gasteiger partial charge is 0.416 e. The first-order valence-electron chi connectivity index (χ1n) is 13.2. The summed E-state index contributed by atoms with van der Waals surface area (Å²) in [5, 5.41) is 0. The number of ether oxygens (including phenoxy) is 1. The zero-order chi connectivity index (χ0) is 29.2. The molecule has 0 bridgehead atoms. The number of hydrogen-bond donors (Lipinski definition) is 1. The fourth-order valence-electron chi connectivity index (χ4n) is 5.26. The number of nitrogens with two attached hydrogens (primary N) is 1. The number of piperazine rings is 1. The van der Waals surface area contributed by atoms with Crippen LogP contribution < -0.4 is 5.73 Å². The number of amides is 1. The molecule has 1 amide bonds. The first-order valence-corrected chi connectivity index (χ1v) is 13.2. The Labute approximate surface area is 254 Å². The topological polar surface area (TPSA) is 62.0 Å².